The van der Waals surface area contributed by atoms with Gasteiger partial charge in [-0.05, 0) is 0 Å². The van der Waals surface area contributed by atoms with Crippen molar-refractivity contribution >= 4 is 23.9 Å². The first-order valence-electron chi connectivity index (χ1n) is 0. The fourth-order valence-corrected chi connectivity index (χ4v) is 0. The van der Waals surface area contributed by atoms with Crippen LogP contribution >= 0.6 is 0 Å². The van der Waals surface area contributed by atoms with Gasteiger partial charge in [-0.1, -0.05) is 0 Å². The summed E-state index contributed by atoms with van der Waals surface area (Å²) in [7, 11) is 0. The van der Waals surface area contributed by atoms with Crippen molar-refractivity contribution in [2.45, 2.75) is 0 Å². The quantitative estimate of drug-likeness (QED) is 0.532. The summed E-state index contributed by atoms with van der Waals surface area (Å²) < 4.78 is 0. The molecule has 0 heterocycles. The number of hydrogen-bond acceptors (Lipinski definition) is 0. The predicted molar refractivity (Wildman–Crippen MR) is 5.75 cm³/mol. The normalized spacial score (nSPS) is 0. The van der Waals surface area contributed by atoms with Gasteiger partial charge in [-0.2, -0.15) is 0 Å². The van der Waals surface area contributed by atoms with Crippen LogP contribution in [0.4, 0.5) is 0 Å². The van der Waals surface area contributed by atoms with E-state index in [1.807, 2.05) is 0 Å². The Hall–Kier alpha value is 2.63. The first-order valence-corrected chi connectivity index (χ1v) is 0. The van der Waals surface area contributed by atoms with Crippen LogP contribution in [0.2, 0.25) is 0 Å². The predicted octanol–water partition coefficient (Wildman–Crippen LogP) is -0.388. The first kappa shape index (κ1) is 30.4. The van der Waals surface area contributed by atoms with Gasteiger partial charge in [0.25, 0.3) is 0 Å². The third-order valence-corrected chi connectivity index (χ3v) is 0. The molecule has 4 heavy (non-hydrogen) atoms. The zero-order valence-corrected chi connectivity index (χ0v) is 8.81. The molecule has 0 unspecified atom stereocenters. The average Bonchev–Trinajstić information content (AvgIpc) is 0. The molecule has 26 valence electrons. The fourth-order valence-electron chi connectivity index (χ4n) is 0. The summed E-state index contributed by atoms with van der Waals surface area (Å²) in [5, 5.41) is 0. The first-order chi connectivity index (χ1) is 0. The molecule has 0 aromatic carbocycles. The van der Waals surface area contributed by atoms with E-state index in [0.29, 0.717) is 0 Å². The third-order valence-electron chi connectivity index (χ3n) is 0. The van der Waals surface area contributed by atoms with Crippen molar-refractivity contribution in [2.24, 2.45) is 0 Å². The van der Waals surface area contributed by atoms with E-state index in [1.165, 1.54) is 0 Å². The van der Waals surface area contributed by atoms with Gasteiger partial charge in [0.15, 0.2) is 0 Å². The van der Waals surface area contributed by atoms with E-state index in [1.54, 1.807) is 0 Å². The van der Waals surface area contributed by atoms with Gasteiger partial charge < -0.3 is 0 Å². The van der Waals surface area contributed by atoms with Crippen LogP contribution in [0.25, 0.3) is 0 Å². The van der Waals surface area contributed by atoms with Crippen LogP contribution in [0.15, 0.2) is 0 Å². The number of rotatable bonds is 0. The molecular weight excluding hydrogens is 326 g/mol. The summed E-state index contributed by atoms with van der Waals surface area (Å²) in [5.41, 5.74) is 0. The number of hydrogen-bond donors (Lipinski definition) is 0. The Bertz CT molecular complexity index is 8.00. The molecule has 4 radical (unpaired) electrons. The van der Waals surface area contributed by atoms with E-state index in [9.17, 15) is 0 Å². The monoisotopic (exact) mass is 328 g/mol. The molecule has 0 nitrogen and oxygen atoms in total. The van der Waals surface area contributed by atoms with E-state index in [-0.39, 0.29) is 81.6 Å². The molecule has 0 amide bonds. The second-order valence-electron chi connectivity index (χ2n) is 0. The molecule has 0 N–H and O–H groups in total. The topological polar surface area (TPSA) is 0 Å². The Labute approximate surface area is 80.4 Å². The summed E-state index contributed by atoms with van der Waals surface area (Å²) in [5.74, 6) is 0. The smallest absolute Gasteiger partial charge is 0 e. The van der Waals surface area contributed by atoms with Crippen LogP contribution in [0.5, 0.6) is 0 Å². The molecule has 0 aliphatic carbocycles. The molecule has 4 heteroatoms. The van der Waals surface area contributed by atoms with Crippen LogP contribution < -0.4 is 0 Å². The molecule has 0 spiro atoms. The van der Waals surface area contributed by atoms with Crippen molar-refractivity contribution in [1.82, 2.24) is 0 Å². The second-order valence-corrected chi connectivity index (χ2v) is 0. The maximum absolute atomic E-state index is 0. The SMILES string of the molecule is [Ni].[Ru].[Sn].[Ti]. The van der Waals surface area contributed by atoms with Gasteiger partial charge in [0.1, 0.15) is 0 Å². The summed E-state index contributed by atoms with van der Waals surface area (Å²) >= 11 is 0. The van der Waals surface area contributed by atoms with Crippen molar-refractivity contribution in [1.29, 1.82) is 0 Å². The molecule has 0 fully saturated rings. The van der Waals surface area contributed by atoms with Crippen LogP contribution in [0, 0.1) is 0 Å². The molecule has 0 aliphatic heterocycles. The van der Waals surface area contributed by atoms with E-state index < -0.39 is 0 Å². The Balaban J connectivity index is 0. The molecule has 0 aliphatic rings. The Morgan fingerprint density at radius 2 is 1.00 bits per heavy atom. The molecule has 0 aromatic rings. The van der Waals surface area contributed by atoms with Gasteiger partial charge in [0, 0.05) is 81.6 Å². The van der Waals surface area contributed by atoms with Crippen LogP contribution in [-0.4, -0.2) is 23.9 Å². The largest absolute Gasteiger partial charge is 0 e. The van der Waals surface area contributed by atoms with Crippen molar-refractivity contribution in [3.8, 4) is 0 Å². The maximum Gasteiger partial charge on any atom is 0 e. The molecule has 0 rings (SSSR count). The second kappa shape index (κ2) is 17.4. The van der Waals surface area contributed by atoms with E-state index >= 15 is 0 Å². The van der Waals surface area contributed by atoms with Crippen molar-refractivity contribution in [3.63, 3.8) is 0 Å². The minimum Gasteiger partial charge on any atom is 0 e. The van der Waals surface area contributed by atoms with Gasteiger partial charge in [0.2, 0.25) is 0 Å². The summed E-state index contributed by atoms with van der Waals surface area (Å²) in [4.78, 5) is 0. The van der Waals surface area contributed by atoms with E-state index in [2.05, 4.69) is 0 Å². The zero-order valence-electron chi connectivity index (χ0n) is 1.67. The molecule has 0 bridgehead atoms. The average molecular weight is 326 g/mol. The molecule has 0 atom stereocenters. The Kier molecular flexibility index (Phi) is 133. The van der Waals surface area contributed by atoms with Crippen LogP contribution in [-0.2, 0) is 57.7 Å². The minimum atomic E-state index is 0. The molecule has 0 saturated heterocycles. The fraction of sp³-hybridized carbons (Fsp3) is 0. The van der Waals surface area contributed by atoms with Gasteiger partial charge in [-0.3, -0.25) is 0 Å². The zero-order chi connectivity index (χ0) is 0. The van der Waals surface area contributed by atoms with E-state index in [4.69, 9.17) is 0 Å². The third kappa shape index (κ3) is 8.82. The van der Waals surface area contributed by atoms with E-state index in [0.717, 1.165) is 0 Å². The van der Waals surface area contributed by atoms with Crippen molar-refractivity contribution in [3.05, 3.63) is 0 Å². The summed E-state index contributed by atoms with van der Waals surface area (Å²) in [6.07, 6.45) is 0. The molecule has 0 saturated carbocycles. The molecule has 0 aromatic heterocycles. The van der Waals surface area contributed by atoms with Crippen LogP contribution in [0.1, 0.15) is 0 Å². The van der Waals surface area contributed by atoms with Gasteiger partial charge in [-0.25, -0.2) is 0 Å². The standard InChI is InChI=1S/Ni.Ru.Sn.Ti. The Morgan fingerprint density at radius 3 is 1.00 bits per heavy atom. The minimum absolute atomic E-state index is 0. The van der Waals surface area contributed by atoms with Crippen molar-refractivity contribution < 1.29 is 57.7 Å². The van der Waals surface area contributed by atoms with Gasteiger partial charge in [0.05, 0.1) is 0 Å². The summed E-state index contributed by atoms with van der Waals surface area (Å²) in [6, 6.07) is 0. The summed E-state index contributed by atoms with van der Waals surface area (Å²) in [6.45, 7) is 0. The van der Waals surface area contributed by atoms with Crippen LogP contribution in [0.3, 0.4) is 0 Å². The van der Waals surface area contributed by atoms with Crippen molar-refractivity contribution in [2.75, 3.05) is 0 Å². The van der Waals surface area contributed by atoms with Gasteiger partial charge >= 0.3 is 0 Å². The Morgan fingerprint density at radius 1 is 1.00 bits per heavy atom. The maximum atomic E-state index is 0. The van der Waals surface area contributed by atoms with Gasteiger partial charge in [-0.15, -0.1) is 0 Å². The molecular formula is NiRuSnTi.